The molecular formula is C20H25N3O4. The number of hydrogen-bond donors (Lipinski definition) is 2. The summed E-state index contributed by atoms with van der Waals surface area (Å²) >= 11 is 0. The molecule has 144 valence electrons. The summed E-state index contributed by atoms with van der Waals surface area (Å²) in [4.78, 5) is 30.1. The molecule has 1 unspecified atom stereocenters. The Morgan fingerprint density at radius 3 is 2.70 bits per heavy atom. The summed E-state index contributed by atoms with van der Waals surface area (Å²) < 4.78 is 5.74. The lowest BCUT2D eigenvalue weighted by Crippen LogP contribution is -2.41. The number of carbonyl (C=O) groups is 2. The van der Waals surface area contributed by atoms with Crippen molar-refractivity contribution in [3.8, 4) is 5.75 Å². The van der Waals surface area contributed by atoms with Gasteiger partial charge in [0.25, 0.3) is 0 Å². The van der Waals surface area contributed by atoms with E-state index in [4.69, 9.17) is 9.84 Å². The minimum atomic E-state index is -0.981. The molecule has 1 atom stereocenters. The number of ether oxygens (including phenoxy) is 1. The highest BCUT2D eigenvalue weighted by atomic mass is 16.5. The Morgan fingerprint density at radius 1 is 1.26 bits per heavy atom. The maximum atomic E-state index is 12.3. The van der Waals surface area contributed by atoms with Crippen molar-refractivity contribution in [3.63, 3.8) is 0 Å². The molecule has 2 N–H and O–H groups in total. The van der Waals surface area contributed by atoms with Gasteiger partial charge in [0.2, 0.25) is 5.78 Å². The van der Waals surface area contributed by atoms with E-state index < -0.39 is 11.9 Å². The molecule has 1 saturated heterocycles. The van der Waals surface area contributed by atoms with Crippen molar-refractivity contribution in [2.24, 2.45) is 10.9 Å². The average molecular weight is 371 g/mol. The van der Waals surface area contributed by atoms with Crippen LogP contribution >= 0.6 is 0 Å². The first-order valence-corrected chi connectivity index (χ1v) is 9.29. The van der Waals surface area contributed by atoms with Gasteiger partial charge >= 0.3 is 5.97 Å². The van der Waals surface area contributed by atoms with E-state index in [-0.39, 0.29) is 24.1 Å². The number of likely N-dealkylation sites (tertiary alicyclic amines) is 1. The van der Waals surface area contributed by atoms with Crippen molar-refractivity contribution >= 4 is 17.6 Å². The van der Waals surface area contributed by atoms with Gasteiger partial charge in [0.05, 0.1) is 18.4 Å². The average Bonchev–Trinajstić information content (AvgIpc) is 2.67. The summed E-state index contributed by atoms with van der Waals surface area (Å²) in [6, 6.07) is 9.85. The number of hydrogen-bond acceptors (Lipinski definition) is 5. The third kappa shape index (κ3) is 5.65. The third-order valence-corrected chi connectivity index (χ3v) is 4.80. The molecular weight excluding hydrogens is 346 g/mol. The van der Waals surface area contributed by atoms with E-state index in [0.29, 0.717) is 6.61 Å². The summed E-state index contributed by atoms with van der Waals surface area (Å²) in [6.07, 6.45) is 4.75. The highest BCUT2D eigenvalue weighted by Gasteiger charge is 2.28. The molecule has 0 aromatic heterocycles. The van der Waals surface area contributed by atoms with Gasteiger partial charge in [-0.25, -0.2) is 0 Å². The molecule has 3 rings (SSSR count). The van der Waals surface area contributed by atoms with Crippen LogP contribution in [0.4, 0.5) is 0 Å². The molecule has 0 saturated carbocycles. The monoisotopic (exact) mass is 371 g/mol. The van der Waals surface area contributed by atoms with Crippen molar-refractivity contribution in [1.29, 1.82) is 0 Å². The zero-order chi connectivity index (χ0) is 19.1. The Labute approximate surface area is 158 Å². The molecule has 0 bridgehead atoms. The van der Waals surface area contributed by atoms with E-state index in [0.717, 1.165) is 38.2 Å². The summed E-state index contributed by atoms with van der Waals surface area (Å²) in [6.45, 7) is 3.31. The number of piperidine rings is 1. The van der Waals surface area contributed by atoms with Gasteiger partial charge in [0.1, 0.15) is 12.4 Å². The number of rotatable bonds is 7. The second-order valence-corrected chi connectivity index (χ2v) is 6.78. The number of aliphatic carboxylic acids is 1. The largest absolute Gasteiger partial charge is 0.492 e. The molecule has 0 aliphatic carbocycles. The fourth-order valence-electron chi connectivity index (χ4n) is 3.29. The number of nitrogens with zero attached hydrogens (tertiary/aromatic N) is 2. The van der Waals surface area contributed by atoms with Gasteiger partial charge < -0.3 is 15.2 Å². The molecule has 2 aliphatic heterocycles. The smallest absolute Gasteiger partial charge is 0.304 e. The van der Waals surface area contributed by atoms with Gasteiger partial charge in [-0.3, -0.25) is 19.5 Å². The number of carboxylic acids is 1. The second kappa shape index (κ2) is 9.32. The van der Waals surface area contributed by atoms with E-state index in [1.807, 2.05) is 30.3 Å². The molecule has 0 radical (unpaired) electrons. The number of nitrogens with one attached hydrogen (secondary N) is 1. The summed E-state index contributed by atoms with van der Waals surface area (Å²) in [5.74, 6) is -0.680. The molecule has 1 aromatic carbocycles. The van der Waals surface area contributed by atoms with Crippen LogP contribution in [0, 0.1) is 5.92 Å². The van der Waals surface area contributed by atoms with Gasteiger partial charge in [-0.1, -0.05) is 24.3 Å². The standard InChI is InChI=1S/C20H25N3O4/c24-18(25)14-15-6-9-21-20(19(15)26)22-16-7-10-23(11-8-16)12-13-27-17-4-2-1-3-5-17/h1-6,9,15-16H,7-8,10-14H2,(H,21,22)(H,24,25). The zero-order valence-corrected chi connectivity index (χ0v) is 15.2. The number of para-hydroxylation sites is 1. The van der Waals surface area contributed by atoms with Crippen LogP contribution in [-0.2, 0) is 9.59 Å². The van der Waals surface area contributed by atoms with E-state index in [9.17, 15) is 9.59 Å². The number of Topliss-reactive ketones (excluding diaryl/α,β-unsaturated/α-hetero) is 1. The minimum absolute atomic E-state index is 0.0831. The molecule has 27 heavy (non-hydrogen) atoms. The first-order valence-electron chi connectivity index (χ1n) is 9.29. The first kappa shape index (κ1) is 19.1. The van der Waals surface area contributed by atoms with Crippen LogP contribution in [0.2, 0.25) is 0 Å². The number of benzene rings is 1. The van der Waals surface area contributed by atoms with Crippen LogP contribution in [0.25, 0.3) is 0 Å². The number of carboxylic acid groups (broad SMARTS) is 1. The zero-order valence-electron chi connectivity index (χ0n) is 15.2. The lowest BCUT2D eigenvalue weighted by atomic mass is 9.96. The highest BCUT2D eigenvalue weighted by molar-refractivity contribution is 6.41. The Bertz CT molecular complexity index is 709. The van der Waals surface area contributed by atoms with Crippen LogP contribution in [0.15, 0.2) is 47.6 Å². The number of ketones is 1. The number of aliphatic imine (C=N–C) groups is 1. The molecule has 0 amide bonds. The minimum Gasteiger partial charge on any atom is -0.492 e. The van der Waals surface area contributed by atoms with Crippen molar-refractivity contribution in [2.75, 3.05) is 26.2 Å². The Balaban J connectivity index is 1.43. The number of allylic oxidation sites excluding steroid dienone is 1. The second-order valence-electron chi connectivity index (χ2n) is 6.78. The summed E-state index contributed by atoms with van der Waals surface area (Å²) in [7, 11) is 0. The molecule has 7 nitrogen and oxygen atoms in total. The third-order valence-electron chi connectivity index (χ3n) is 4.80. The summed E-state index contributed by atoms with van der Waals surface area (Å²) in [5.41, 5.74) is 0. The quantitative estimate of drug-likeness (QED) is 0.758. The maximum Gasteiger partial charge on any atom is 0.304 e. The molecule has 1 fully saturated rings. The lowest BCUT2D eigenvalue weighted by Gasteiger charge is -2.30. The van der Waals surface area contributed by atoms with Crippen molar-refractivity contribution in [2.45, 2.75) is 25.3 Å². The van der Waals surface area contributed by atoms with E-state index in [1.54, 1.807) is 12.3 Å². The van der Waals surface area contributed by atoms with Crippen molar-refractivity contribution in [3.05, 3.63) is 42.6 Å². The van der Waals surface area contributed by atoms with Crippen molar-refractivity contribution in [1.82, 2.24) is 10.2 Å². The normalized spacial score (nSPS) is 22.6. The van der Waals surface area contributed by atoms with E-state index in [2.05, 4.69) is 15.2 Å². The predicted molar refractivity (Wildman–Crippen MR) is 102 cm³/mol. The van der Waals surface area contributed by atoms with Crippen LogP contribution < -0.4 is 10.1 Å². The Kier molecular flexibility index (Phi) is 6.59. The van der Waals surface area contributed by atoms with Gasteiger partial charge in [0.15, 0.2) is 5.84 Å². The van der Waals surface area contributed by atoms with E-state index in [1.165, 1.54) is 0 Å². The van der Waals surface area contributed by atoms with Crippen molar-refractivity contribution < 1.29 is 19.4 Å². The Hall–Kier alpha value is -2.67. The molecule has 2 aliphatic rings. The van der Waals surface area contributed by atoms with Gasteiger partial charge in [-0.15, -0.1) is 0 Å². The fraction of sp³-hybridized carbons (Fsp3) is 0.450. The van der Waals surface area contributed by atoms with Gasteiger partial charge in [-0.05, 0) is 31.2 Å². The van der Waals surface area contributed by atoms with Crippen LogP contribution in [0.1, 0.15) is 19.3 Å². The van der Waals surface area contributed by atoms with E-state index >= 15 is 0 Å². The van der Waals surface area contributed by atoms with Gasteiger partial charge in [-0.2, -0.15) is 0 Å². The SMILES string of the molecule is O=C(O)CC1C=CNC(=NC2CCN(CCOc3ccccc3)CC2)C1=O. The first-order chi connectivity index (χ1) is 13.1. The predicted octanol–water partition coefficient (Wildman–Crippen LogP) is 1.71. The van der Waals surface area contributed by atoms with Crippen LogP contribution in [0.5, 0.6) is 5.75 Å². The van der Waals surface area contributed by atoms with Gasteiger partial charge in [0, 0.05) is 19.6 Å². The Morgan fingerprint density at radius 2 is 2.00 bits per heavy atom. The number of carbonyl (C=O) groups excluding carboxylic acids is 1. The topological polar surface area (TPSA) is 91.2 Å². The molecule has 0 spiro atoms. The highest BCUT2D eigenvalue weighted by Crippen LogP contribution is 2.17. The number of amidine groups is 1. The lowest BCUT2D eigenvalue weighted by molar-refractivity contribution is -0.139. The molecule has 1 aromatic rings. The molecule has 2 heterocycles. The maximum absolute atomic E-state index is 12.3. The molecule has 7 heteroatoms. The van der Waals surface area contributed by atoms with Crippen LogP contribution in [0.3, 0.4) is 0 Å². The summed E-state index contributed by atoms with van der Waals surface area (Å²) in [5, 5.41) is 11.8. The fourth-order valence-corrected chi connectivity index (χ4v) is 3.29. The van der Waals surface area contributed by atoms with Crippen LogP contribution in [-0.4, -0.2) is 59.9 Å².